The summed E-state index contributed by atoms with van der Waals surface area (Å²) in [6.07, 6.45) is -0.615. The molecule has 4 nitrogen and oxygen atoms in total. The number of hydrogen-bond donors (Lipinski definition) is 2. The molecule has 0 aromatic heterocycles. The van der Waals surface area contributed by atoms with Crippen LogP contribution in [0.2, 0.25) is 0 Å². The predicted molar refractivity (Wildman–Crippen MR) is 108 cm³/mol. The third-order valence-corrected chi connectivity index (χ3v) is 4.11. The van der Waals surface area contributed by atoms with E-state index < -0.39 is 6.10 Å². The standard InChI is InChI=1S/C21H29NO3.ClH/c1-17(2)20-10-6-7-11-21(20)25-16-19(24)15-22(12-13-23)14-18-8-4-3-5-9-18;/h3-11,17,19,23-24H,12-16H2,1-2H3;1H. The van der Waals surface area contributed by atoms with E-state index in [1.165, 1.54) is 0 Å². The van der Waals surface area contributed by atoms with Gasteiger partial charge in [0.15, 0.2) is 0 Å². The Hall–Kier alpha value is -1.59. The number of halogens is 1. The van der Waals surface area contributed by atoms with E-state index in [1.54, 1.807) is 0 Å². The molecule has 0 fully saturated rings. The normalized spacial score (nSPS) is 12.1. The molecule has 144 valence electrons. The van der Waals surface area contributed by atoms with Crippen LogP contribution in [0.4, 0.5) is 0 Å². The van der Waals surface area contributed by atoms with Gasteiger partial charge in [0.25, 0.3) is 0 Å². The van der Waals surface area contributed by atoms with Gasteiger partial charge in [-0.1, -0.05) is 62.4 Å². The summed E-state index contributed by atoms with van der Waals surface area (Å²) in [6, 6.07) is 18.0. The molecule has 1 unspecified atom stereocenters. The van der Waals surface area contributed by atoms with Crippen molar-refractivity contribution >= 4 is 12.4 Å². The maximum atomic E-state index is 10.4. The molecule has 2 aromatic rings. The van der Waals surface area contributed by atoms with E-state index in [2.05, 4.69) is 19.9 Å². The van der Waals surface area contributed by atoms with Crippen LogP contribution in [0.5, 0.6) is 5.75 Å². The molecule has 0 saturated heterocycles. The van der Waals surface area contributed by atoms with Crippen molar-refractivity contribution in [3.8, 4) is 5.75 Å². The minimum atomic E-state index is -0.615. The third kappa shape index (κ3) is 7.34. The minimum absolute atomic E-state index is 0. The van der Waals surface area contributed by atoms with Gasteiger partial charge in [-0.3, -0.25) is 4.90 Å². The van der Waals surface area contributed by atoms with Crippen molar-refractivity contribution in [1.82, 2.24) is 4.90 Å². The smallest absolute Gasteiger partial charge is 0.122 e. The fraction of sp³-hybridized carbons (Fsp3) is 0.429. The number of ether oxygens (including phenoxy) is 1. The van der Waals surface area contributed by atoms with E-state index >= 15 is 0 Å². The summed E-state index contributed by atoms with van der Waals surface area (Å²) in [5.74, 6) is 1.20. The molecule has 0 aliphatic carbocycles. The number of para-hydroxylation sites is 1. The van der Waals surface area contributed by atoms with Gasteiger partial charge < -0.3 is 14.9 Å². The van der Waals surface area contributed by atoms with E-state index in [0.717, 1.165) is 16.9 Å². The van der Waals surface area contributed by atoms with Crippen LogP contribution in [0, 0.1) is 0 Å². The highest BCUT2D eigenvalue weighted by molar-refractivity contribution is 5.85. The first-order valence-corrected chi connectivity index (χ1v) is 8.87. The highest BCUT2D eigenvalue weighted by atomic mass is 35.5. The molecule has 0 heterocycles. The largest absolute Gasteiger partial charge is 0.491 e. The molecule has 0 amide bonds. The Kier molecular flexibility index (Phi) is 10.3. The summed E-state index contributed by atoms with van der Waals surface area (Å²) in [5, 5.41) is 19.6. The summed E-state index contributed by atoms with van der Waals surface area (Å²) < 4.78 is 5.85. The van der Waals surface area contributed by atoms with Crippen LogP contribution < -0.4 is 4.74 Å². The monoisotopic (exact) mass is 379 g/mol. The zero-order valence-corrected chi connectivity index (χ0v) is 16.4. The first-order valence-electron chi connectivity index (χ1n) is 8.87. The van der Waals surface area contributed by atoms with Gasteiger partial charge in [-0.05, 0) is 23.1 Å². The van der Waals surface area contributed by atoms with Gasteiger partial charge in [0.2, 0.25) is 0 Å². The lowest BCUT2D eigenvalue weighted by Crippen LogP contribution is -2.37. The number of hydrogen-bond acceptors (Lipinski definition) is 4. The van der Waals surface area contributed by atoms with Gasteiger partial charge in [0.1, 0.15) is 18.5 Å². The summed E-state index contributed by atoms with van der Waals surface area (Å²) >= 11 is 0. The molecular formula is C21H30ClNO3. The minimum Gasteiger partial charge on any atom is -0.491 e. The van der Waals surface area contributed by atoms with Crippen molar-refractivity contribution in [2.45, 2.75) is 32.4 Å². The third-order valence-electron chi connectivity index (χ3n) is 4.11. The van der Waals surface area contributed by atoms with Crippen LogP contribution >= 0.6 is 12.4 Å². The molecule has 0 aliphatic rings. The van der Waals surface area contributed by atoms with Crippen molar-refractivity contribution in [2.24, 2.45) is 0 Å². The zero-order chi connectivity index (χ0) is 18.1. The number of nitrogens with zero attached hydrogens (tertiary/aromatic N) is 1. The average molecular weight is 380 g/mol. The molecule has 2 rings (SSSR count). The number of rotatable bonds is 10. The molecule has 5 heteroatoms. The van der Waals surface area contributed by atoms with Gasteiger partial charge >= 0.3 is 0 Å². The van der Waals surface area contributed by atoms with Crippen LogP contribution in [0.15, 0.2) is 54.6 Å². The Bertz CT molecular complexity index is 622. The van der Waals surface area contributed by atoms with Crippen molar-refractivity contribution in [2.75, 3.05) is 26.3 Å². The van der Waals surface area contributed by atoms with E-state index in [1.807, 2.05) is 53.4 Å². The molecule has 2 N–H and O–H groups in total. The molecular weight excluding hydrogens is 350 g/mol. The Labute approximate surface area is 162 Å². The second kappa shape index (κ2) is 11.9. The molecule has 0 saturated carbocycles. The van der Waals surface area contributed by atoms with Gasteiger partial charge in [0.05, 0.1) is 6.61 Å². The number of aliphatic hydroxyl groups excluding tert-OH is 2. The topological polar surface area (TPSA) is 52.9 Å². The average Bonchev–Trinajstić information content (AvgIpc) is 2.61. The van der Waals surface area contributed by atoms with Crippen molar-refractivity contribution in [3.63, 3.8) is 0 Å². The predicted octanol–water partition coefficient (Wildman–Crippen LogP) is 3.47. The van der Waals surface area contributed by atoms with Gasteiger partial charge in [-0.15, -0.1) is 12.4 Å². The van der Waals surface area contributed by atoms with Crippen LogP contribution in [-0.4, -0.2) is 47.5 Å². The van der Waals surface area contributed by atoms with Crippen molar-refractivity contribution < 1.29 is 14.9 Å². The Morgan fingerprint density at radius 1 is 1.00 bits per heavy atom. The van der Waals surface area contributed by atoms with Gasteiger partial charge in [-0.25, -0.2) is 0 Å². The number of benzene rings is 2. The van der Waals surface area contributed by atoms with Crippen LogP contribution in [0.3, 0.4) is 0 Å². The summed E-state index contributed by atoms with van der Waals surface area (Å²) in [6.45, 7) is 6.23. The molecule has 0 spiro atoms. The molecule has 26 heavy (non-hydrogen) atoms. The molecule has 0 radical (unpaired) electrons. The van der Waals surface area contributed by atoms with Crippen LogP contribution in [-0.2, 0) is 6.54 Å². The lowest BCUT2D eigenvalue weighted by Gasteiger charge is -2.25. The quantitative estimate of drug-likeness (QED) is 0.663. The van der Waals surface area contributed by atoms with Crippen LogP contribution in [0.25, 0.3) is 0 Å². The molecule has 2 aromatic carbocycles. The van der Waals surface area contributed by atoms with E-state index in [-0.39, 0.29) is 25.6 Å². The first kappa shape index (κ1) is 22.5. The lowest BCUT2D eigenvalue weighted by molar-refractivity contribution is 0.0586. The first-order chi connectivity index (χ1) is 12.1. The zero-order valence-electron chi connectivity index (χ0n) is 15.5. The molecule has 0 bridgehead atoms. The van der Waals surface area contributed by atoms with Gasteiger partial charge in [0, 0.05) is 19.6 Å². The maximum Gasteiger partial charge on any atom is 0.122 e. The SMILES string of the molecule is CC(C)c1ccccc1OCC(O)CN(CCO)Cc1ccccc1.Cl. The van der Waals surface area contributed by atoms with Crippen molar-refractivity contribution in [3.05, 3.63) is 65.7 Å². The van der Waals surface area contributed by atoms with Crippen LogP contribution in [0.1, 0.15) is 30.9 Å². The van der Waals surface area contributed by atoms with Gasteiger partial charge in [-0.2, -0.15) is 0 Å². The van der Waals surface area contributed by atoms with E-state index in [4.69, 9.17) is 4.74 Å². The highest BCUT2D eigenvalue weighted by Gasteiger charge is 2.14. The Balaban J connectivity index is 0.00000338. The van der Waals surface area contributed by atoms with Crippen molar-refractivity contribution in [1.29, 1.82) is 0 Å². The van der Waals surface area contributed by atoms with E-state index in [9.17, 15) is 10.2 Å². The second-order valence-corrected chi connectivity index (χ2v) is 6.60. The summed E-state index contributed by atoms with van der Waals surface area (Å²) in [4.78, 5) is 2.04. The van der Waals surface area contributed by atoms with E-state index in [0.29, 0.717) is 25.6 Å². The fourth-order valence-corrected chi connectivity index (χ4v) is 2.84. The summed E-state index contributed by atoms with van der Waals surface area (Å²) in [5.41, 5.74) is 2.31. The second-order valence-electron chi connectivity index (χ2n) is 6.60. The Morgan fingerprint density at radius 2 is 1.65 bits per heavy atom. The molecule has 1 atom stereocenters. The highest BCUT2D eigenvalue weighted by Crippen LogP contribution is 2.25. The lowest BCUT2D eigenvalue weighted by atomic mass is 10.0. The fourth-order valence-electron chi connectivity index (χ4n) is 2.84. The molecule has 0 aliphatic heterocycles. The number of aliphatic hydroxyl groups is 2. The summed E-state index contributed by atoms with van der Waals surface area (Å²) in [7, 11) is 0. The maximum absolute atomic E-state index is 10.4. The Morgan fingerprint density at radius 3 is 2.31 bits per heavy atom.